The third kappa shape index (κ3) is 3.72. The summed E-state index contributed by atoms with van der Waals surface area (Å²) in [6.07, 6.45) is -5.21. The second kappa shape index (κ2) is 4.82. The van der Waals surface area contributed by atoms with Gasteiger partial charge in [-0.2, -0.15) is 13.2 Å². The first-order chi connectivity index (χ1) is 8.35. The molecule has 0 heterocycles. The van der Waals surface area contributed by atoms with Gasteiger partial charge in [0.1, 0.15) is 0 Å². The van der Waals surface area contributed by atoms with Gasteiger partial charge >= 0.3 is 6.18 Å². The molecule has 1 aromatic carbocycles. The Bertz CT molecular complexity index is 439. The monoisotopic (exact) mass is 273 g/mol. The summed E-state index contributed by atoms with van der Waals surface area (Å²) in [5.74, 6) is 0. The molecule has 1 radical (unpaired) electrons. The molecule has 0 fully saturated rings. The lowest BCUT2D eigenvalue weighted by Gasteiger charge is -2.35. The Morgan fingerprint density at radius 2 is 1.47 bits per heavy atom. The van der Waals surface area contributed by atoms with E-state index < -0.39 is 23.6 Å². The molecule has 0 saturated heterocycles. The molecule has 1 rings (SSSR count). The highest BCUT2D eigenvalue weighted by molar-refractivity contribution is 5.33. The fourth-order valence-corrected chi connectivity index (χ4v) is 2.30. The van der Waals surface area contributed by atoms with Gasteiger partial charge in [-0.15, -0.1) is 0 Å². The van der Waals surface area contributed by atoms with Crippen molar-refractivity contribution in [1.82, 2.24) is 0 Å². The minimum absolute atomic E-state index is 0.480. The van der Waals surface area contributed by atoms with E-state index in [4.69, 9.17) is 0 Å². The third-order valence-electron chi connectivity index (χ3n) is 3.27. The highest BCUT2D eigenvalue weighted by Crippen LogP contribution is 2.40. The topological polar surface area (TPSA) is 20.2 Å². The summed E-state index contributed by atoms with van der Waals surface area (Å²) in [4.78, 5) is 0. The van der Waals surface area contributed by atoms with Crippen LogP contribution in [0.15, 0.2) is 18.2 Å². The van der Waals surface area contributed by atoms with Crippen LogP contribution in [0.1, 0.15) is 37.0 Å². The van der Waals surface area contributed by atoms with Crippen LogP contribution < -0.4 is 0 Å². The molecule has 0 spiro atoms. The van der Waals surface area contributed by atoms with Crippen molar-refractivity contribution in [2.24, 2.45) is 0 Å². The minimum Gasteiger partial charge on any atom is -0.380 e. The Hall–Kier alpha value is -1.03. The summed E-state index contributed by atoms with van der Waals surface area (Å²) in [5.41, 5.74) is -1.00. The van der Waals surface area contributed by atoms with E-state index in [1.165, 1.54) is 0 Å². The van der Waals surface area contributed by atoms with E-state index in [1.807, 2.05) is 32.0 Å². The number of alkyl halides is 3. The van der Waals surface area contributed by atoms with Crippen LogP contribution >= 0.6 is 0 Å². The predicted molar refractivity (Wildman–Crippen MR) is 69.9 cm³/mol. The second-order valence-electron chi connectivity index (χ2n) is 5.97. The lowest BCUT2D eigenvalue weighted by Crippen LogP contribution is -2.46. The maximum Gasteiger partial charge on any atom is 0.417 e. The van der Waals surface area contributed by atoms with Crippen molar-refractivity contribution in [2.45, 2.75) is 51.3 Å². The van der Waals surface area contributed by atoms with Crippen molar-refractivity contribution in [3.05, 3.63) is 41.8 Å². The molecular weight excluding hydrogens is 253 g/mol. The van der Waals surface area contributed by atoms with E-state index in [9.17, 15) is 18.3 Å². The Labute approximate surface area is 112 Å². The smallest absolute Gasteiger partial charge is 0.380 e. The molecule has 4 heteroatoms. The van der Waals surface area contributed by atoms with E-state index >= 15 is 0 Å². The summed E-state index contributed by atoms with van der Waals surface area (Å²) in [5, 5.41) is 9.55. The van der Waals surface area contributed by atoms with Crippen LogP contribution in [0, 0.1) is 20.8 Å². The summed E-state index contributed by atoms with van der Waals surface area (Å²) in [6, 6.07) is 5.65. The molecule has 0 saturated carbocycles. The van der Waals surface area contributed by atoms with E-state index in [2.05, 4.69) is 6.92 Å². The molecule has 1 unspecified atom stereocenters. The molecule has 0 aliphatic heterocycles. The number of hydrogen-bond donors (Lipinski definition) is 1. The molecule has 0 aliphatic rings. The van der Waals surface area contributed by atoms with Crippen LogP contribution in [0.5, 0.6) is 0 Å². The van der Waals surface area contributed by atoms with Gasteiger partial charge in [-0.1, -0.05) is 43.2 Å². The molecule has 1 N–H and O–H groups in total. The Morgan fingerprint density at radius 3 is 1.84 bits per heavy atom. The SMILES string of the molecule is [CH2]C(O)(CC(C)(C)c1cc(C)cc(C)c1)C(F)(F)F. The second-order valence-corrected chi connectivity index (χ2v) is 5.97. The molecule has 0 amide bonds. The number of rotatable bonds is 3. The molecule has 0 aromatic heterocycles. The molecule has 107 valence electrons. The van der Waals surface area contributed by atoms with Gasteiger partial charge in [0.05, 0.1) is 0 Å². The Kier molecular flexibility index (Phi) is 4.06. The van der Waals surface area contributed by atoms with Gasteiger partial charge in [0.2, 0.25) is 0 Å². The summed E-state index contributed by atoms with van der Waals surface area (Å²) >= 11 is 0. The van der Waals surface area contributed by atoms with Gasteiger partial charge in [-0.25, -0.2) is 0 Å². The van der Waals surface area contributed by atoms with Crippen molar-refractivity contribution in [3.8, 4) is 0 Å². The van der Waals surface area contributed by atoms with Crippen molar-refractivity contribution in [1.29, 1.82) is 0 Å². The number of aryl methyl sites for hydroxylation is 2. The fraction of sp³-hybridized carbons (Fsp3) is 0.533. The average molecular weight is 273 g/mol. The maximum absolute atomic E-state index is 12.7. The van der Waals surface area contributed by atoms with Gasteiger partial charge in [0.25, 0.3) is 0 Å². The molecule has 0 bridgehead atoms. The lowest BCUT2D eigenvalue weighted by molar-refractivity contribution is -0.247. The minimum atomic E-state index is -4.73. The van der Waals surface area contributed by atoms with Crippen LogP contribution in [0.25, 0.3) is 0 Å². The highest BCUT2D eigenvalue weighted by atomic mass is 19.4. The quantitative estimate of drug-likeness (QED) is 0.879. The van der Waals surface area contributed by atoms with Crippen LogP contribution in [0.3, 0.4) is 0 Å². The van der Waals surface area contributed by atoms with Crippen LogP contribution in [0.4, 0.5) is 13.2 Å². The molecular formula is C15H20F3O. The van der Waals surface area contributed by atoms with Crippen LogP contribution in [-0.4, -0.2) is 16.9 Å². The normalized spacial score (nSPS) is 16.3. The molecule has 19 heavy (non-hydrogen) atoms. The van der Waals surface area contributed by atoms with E-state index in [0.717, 1.165) is 16.7 Å². The standard InChI is InChI=1S/C15H20F3O/c1-10-6-11(2)8-12(7-10)13(3,4)9-14(5,19)15(16,17)18/h6-8,19H,5,9H2,1-4H3. The number of hydrogen-bond acceptors (Lipinski definition) is 1. The number of benzene rings is 1. The summed E-state index contributed by atoms with van der Waals surface area (Å²) in [7, 11) is 0. The lowest BCUT2D eigenvalue weighted by atomic mass is 9.75. The van der Waals surface area contributed by atoms with Crippen molar-refractivity contribution in [2.75, 3.05) is 0 Å². The van der Waals surface area contributed by atoms with Gasteiger partial charge in [0, 0.05) is 0 Å². The van der Waals surface area contributed by atoms with Crippen LogP contribution in [0.2, 0.25) is 0 Å². The highest BCUT2D eigenvalue weighted by Gasteiger charge is 2.52. The predicted octanol–water partition coefficient (Wildman–Crippen LogP) is 4.10. The van der Waals surface area contributed by atoms with Gasteiger partial charge in [-0.05, 0) is 38.2 Å². The largest absolute Gasteiger partial charge is 0.417 e. The Balaban J connectivity index is 3.11. The van der Waals surface area contributed by atoms with Crippen molar-refractivity contribution in [3.63, 3.8) is 0 Å². The first kappa shape index (κ1) is 16.0. The zero-order valence-corrected chi connectivity index (χ0v) is 11.7. The maximum atomic E-state index is 12.7. The third-order valence-corrected chi connectivity index (χ3v) is 3.27. The molecule has 1 nitrogen and oxygen atoms in total. The fourth-order valence-electron chi connectivity index (χ4n) is 2.30. The summed E-state index contributed by atoms with van der Waals surface area (Å²) in [6.45, 7) is 10.1. The molecule has 1 atom stereocenters. The zero-order valence-electron chi connectivity index (χ0n) is 11.7. The number of aliphatic hydroxyl groups is 1. The number of halogens is 3. The van der Waals surface area contributed by atoms with Gasteiger partial charge < -0.3 is 5.11 Å². The van der Waals surface area contributed by atoms with Crippen molar-refractivity contribution < 1.29 is 18.3 Å². The van der Waals surface area contributed by atoms with E-state index in [-0.39, 0.29) is 0 Å². The van der Waals surface area contributed by atoms with Gasteiger partial charge in [0.15, 0.2) is 5.60 Å². The van der Waals surface area contributed by atoms with E-state index in [0.29, 0.717) is 0 Å². The van der Waals surface area contributed by atoms with Crippen molar-refractivity contribution >= 4 is 0 Å². The first-order valence-electron chi connectivity index (χ1n) is 6.08. The first-order valence-corrected chi connectivity index (χ1v) is 6.08. The van der Waals surface area contributed by atoms with E-state index in [1.54, 1.807) is 13.8 Å². The zero-order chi connectivity index (χ0) is 15.1. The Morgan fingerprint density at radius 1 is 1.05 bits per heavy atom. The average Bonchev–Trinajstić information content (AvgIpc) is 2.12. The summed E-state index contributed by atoms with van der Waals surface area (Å²) < 4.78 is 38.2. The van der Waals surface area contributed by atoms with Crippen LogP contribution in [-0.2, 0) is 5.41 Å². The van der Waals surface area contributed by atoms with Gasteiger partial charge in [-0.3, -0.25) is 0 Å². The molecule has 0 aliphatic carbocycles. The molecule has 1 aromatic rings.